The molecule has 2 atom stereocenters. The van der Waals surface area contributed by atoms with Gasteiger partial charge in [-0.25, -0.2) is 0 Å². The van der Waals surface area contributed by atoms with E-state index in [1.165, 1.54) is 12.0 Å². The number of methoxy groups -OCH3 is 1. The van der Waals surface area contributed by atoms with E-state index in [9.17, 15) is 24.0 Å². The highest BCUT2D eigenvalue weighted by Crippen LogP contribution is 2.44. The van der Waals surface area contributed by atoms with Crippen molar-refractivity contribution in [3.05, 3.63) is 29.8 Å². The predicted octanol–water partition coefficient (Wildman–Crippen LogP) is 3.44. The summed E-state index contributed by atoms with van der Waals surface area (Å²) >= 11 is 0. The molecule has 0 spiro atoms. The maximum atomic E-state index is 14.2. The number of esters is 2. The molecule has 0 radical (unpaired) electrons. The van der Waals surface area contributed by atoms with Gasteiger partial charge in [0, 0.05) is 25.3 Å². The van der Waals surface area contributed by atoms with Gasteiger partial charge in [0.1, 0.15) is 18.2 Å². The number of rotatable bonds is 15. The Kier molecular flexibility index (Phi) is 13.6. The molecular formula is C34H51N3O9. The van der Waals surface area contributed by atoms with E-state index in [1.807, 2.05) is 26.0 Å². The normalized spacial score (nSPS) is 18.4. The van der Waals surface area contributed by atoms with Crippen LogP contribution in [0.25, 0.3) is 0 Å². The van der Waals surface area contributed by atoms with Crippen molar-refractivity contribution < 1.29 is 42.9 Å². The van der Waals surface area contributed by atoms with Crippen molar-refractivity contribution in [1.29, 1.82) is 0 Å². The number of anilines is 1. The zero-order valence-electron chi connectivity index (χ0n) is 28.1. The molecular weight excluding hydrogens is 594 g/mol. The van der Waals surface area contributed by atoms with Crippen LogP contribution in [-0.4, -0.2) is 81.0 Å². The highest BCUT2D eigenvalue weighted by Gasteiger charge is 2.46. The maximum Gasteiger partial charge on any atom is 0.326 e. The third-order valence-corrected chi connectivity index (χ3v) is 8.17. The summed E-state index contributed by atoms with van der Waals surface area (Å²) in [6.45, 7) is 8.92. The number of para-hydroxylation sites is 1. The smallest absolute Gasteiger partial charge is 0.326 e. The lowest BCUT2D eigenvalue weighted by atomic mass is 9.75. The van der Waals surface area contributed by atoms with Gasteiger partial charge in [0.25, 0.3) is 0 Å². The van der Waals surface area contributed by atoms with Crippen molar-refractivity contribution in [2.24, 2.45) is 11.3 Å². The Hall–Kier alpha value is -3.51. The first-order chi connectivity index (χ1) is 21.7. The molecule has 1 heterocycles. The zero-order valence-corrected chi connectivity index (χ0v) is 28.1. The van der Waals surface area contributed by atoms with Crippen molar-refractivity contribution in [3.63, 3.8) is 0 Å². The molecule has 1 aliphatic heterocycles. The molecule has 0 bridgehead atoms. The van der Waals surface area contributed by atoms with E-state index in [2.05, 4.69) is 10.6 Å². The number of hydrogen-bond donors (Lipinski definition) is 2. The zero-order chi connectivity index (χ0) is 33.9. The molecule has 1 aromatic carbocycles. The second-order valence-corrected chi connectivity index (χ2v) is 13.5. The van der Waals surface area contributed by atoms with Crippen LogP contribution in [-0.2, 0) is 49.3 Å². The molecule has 12 heteroatoms. The molecule has 46 heavy (non-hydrogen) atoms. The summed E-state index contributed by atoms with van der Waals surface area (Å²) in [6, 6.07) is 6.35. The molecule has 2 N–H and O–H groups in total. The van der Waals surface area contributed by atoms with Crippen molar-refractivity contribution >= 4 is 35.3 Å². The van der Waals surface area contributed by atoms with Crippen LogP contribution in [0.5, 0.6) is 0 Å². The van der Waals surface area contributed by atoms with E-state index in [1.54, 1.807) is 32.9 Å². The minimum absolute atomic E-state index is 0.0873. The average molecular weight is 646 g/mol. The number of benzene rings is 1. The number of carbonyl (C=O) groups excluding carboxylic acids is 5. The Balaban J connectivity index is 1.81. The molecule has 1 unspecified atom stereocenters. The lowest BCUT2D eigenvalue weighted by Crippen LogP contribution is -2.53. The monoisotopic (exact) mass is 645 g/mol. The first-order valence-corrected chi connectivity index (χ1v) is 16.2. The largest absolute Gasteiger partial charge is 0.459 e. The predicted molar refractivity (Wildman–Crippen MR) is 171 cm³/mol. The van der Waals surface area contributed by atoms with Crippen LogP contribution in [0.1, 0.15) is 85.1 Å². The number of aryl methyl sites for hydroxylation is 1. The van der Waals surface area contributed by atoms with Crippen LogP contribution in [0.4, 0.5) is 5.69 Å². The fourth-order valence-corrected chi connectivity index (χ4v) is 6.14. The highest BCUT2D eigenvalue weighted by molar-refractivity contribution is 6.03. The molecule has 1 saturated carbocycles. The summed E-state index contributed by atoms with van der Waals surface area (Å²) in [5, 5.41) is 5.82. The Morgan fingerprint density at radius 3 is 2.41 bits per heavy atom. The number of amides is 3. The van der Waals surface area contributed by atoms with Gasteiger partial charge in [-0.15, -0.1) is 0 Å². The first-order valence-electron chi connectivity index (χ1n) is 16.2. The van der Waals surface area contributed by atoms with Crippen LogP contribution >= 0.6 is 0 Å². The number of hydrogen-bond acceptors (Lipinski definition) is 9. The molecule has 1 aliphatic carbocycles. The molecule has 3 rings (SSSR count). The molecule has 3 amide bonds. The quantitative estimate of drug-likeness (QED) is 0.166. The van der Waals surface area contributed by atoms with Gasteiger partial charge in [-0.05, 0) is 78.4 Å². The number of ether oxygens (including phenoxy) is 4. The number of nitrogens with one attached hydrogen (secondary N) is 2. The Morgan fingerprint density at radius 1 is 1.07 bits per heavy atom. The van der Waals surface area contributed by atoms with Crippen LogP contribution < -0.4 is 15.5 Å². The van der Waals surface area contributed by atoms with Crippen molar-refractivity contribution in [2.75, 3.05) is 38.6 Å². The minimum atomic E-state index is -0.978. The Morgan fingerprint density at radius 2 is 1.76 bits per heavy atom. The molecule has 2 aliphatic rings. The van der Waals surface area contributed by atoms with Crippen LogP contribution in [0.15, 0.2) is 24.3 Å². The Bertz CT molecular complexity index is 1220. The van der Waals surface area contributed by atoms with E-state index in [0.717, 1.165) is 18.4 Å². The third-order valence-electron chi connectivity index (χ3n) is 8.17. The lowest BCUT2D eigenvalue weighted by molar-refractivity contribution is -0.165. The van der Waals surface area contributed by atoms with Crippen LogP contribution in [0.3, 0.4) is 0 Å². The number of carbonyl (C=O) groups is 5. The van der Waals surface area contributed by atoms with Gasteiger partial charge in [-0.3, -0.25) is 28.9 Å². The summed E-state index contributed by atoms with van der Waals surface area (Å²) in [5.74, 6) is -3.14. The average Bonchev–Trinajstić information content (AvgIpc) is 3.41. The minimum Gasteiger partial charge on any atom is -0.459 e. The molecule has 12 nitrogen and oxygen atoms in total. The van der Waals surface area contributed by atoms with Gasteiger partial charge in [-0.2, -0.15) is 0 Å². The van der Waals surface area contributed by atoms with E-state index >= 15 is 0 Å². The van der Waals surface area contributed by atoms with E-state index in [-0.39, 0.29) is 50.6 Å². The number of nitrogens with zero attached hydrogens (tertiary/aromatic N) is 1. The van der Waals surface area contributed by atoms with Gasteiger partial charge in [0.15, 0.2) is 6.79 Å². The van der Waals surface area contributed by atoms with Gasteiger partial charge in [0.2, 0.25) is 17.7 Å². The number of fused-ring (bicyclic) bond motifs is 1. The van der Waals surface area contributed by atoms with Gasteiger partial charge in [0.05, 0.1) is 24.5 Å². The second kappa shape index (κ2) is 16.9. The standard InChI is InChI=1S/C34H51N3O9/c1-23(2)35-28(38)19-25(31(41)45-22-44-18-17-43-6)20-34(15-9-10-16-34)32(42)36-26-14-13-24-11-7-8-12-27(24)37(30(26)40)21-29(39)46-33(3,4)5/h7-8,11-12,23,25-26H,9-10,13-22H2,1-6H3,(H,35,38)(H,36,42)/t25?,26-/m0/s1. The molecule has 0 aromatic heterocycles. The fourth-order valence-electron chi connectivity index (χ4n) is 6.14. The first kappa shape index (κ1) is 37.0. The fraction of sp³-hybridized carbons (Fsp3) is 0.676. The van der Waals surface area contributed by atoms with Gasteiger partial charge in [-0.1, -0.05) is 31.0 Å². The summed E-state index contributed by atoms with van der Waals surface area (Å²) in [4.78, 5) is 68.5. The van der Waals surface area contributed by atoms with E-state index in [4.69, 9.17) is 18.9 Å². The van der Waals surface area contributed by atoms with Crippen LogP contribution in [0.2, 0.25) is 0 Å². The van der Waals surface area contributed by atoms with Crippen molar-refractivity contribution in [1.82, 2.24) is 10.6 Å². The summed E-state index contributed by atoms with van der Waals surface area (Å²) < 4.78 is 21.1. The molecule has 1 fully saturated rings. The van der Waals surface area contributed by atoms with Crippen LogP contribution in [0, 0.1) is 11.3 Å². The van der Waals surface area contributed by atoms with Crippen molar-refractivity contribution in [2.45, 2.75) is 104 Å². The SMILES string of the molecule is COCCOCOC(=O)C(CC(=O)NC(C)C)CC1(C(=O)N[C@H]2CCc3ccccc3N(CC(=O)OC(C)(C)C)C2=O)CCCC1. The van der Waals surface area contributed by atoms with E-state index in [0.29, 0.717) is 38.0 Å². The molecule has 256 valence electrons. The molecule has 1 aromatic rings. The van der Waals surface area contributed by atoms with Gasteiger partial charge >= 0.3 is 11.9 Å². The van der Waals surface area contributed by atoms with Gasteiger partial charge < -0.3 is 29.6 Å². The lowest BCUT2D eigenvalue weighted by Gasteiger charge is -2.33. The second-order valence-electron chi connectivity index (χ2n) is 13.5. The summed E-state index contributed by atoms with van der Waals surface area (Å²) in [5.41, 5.74) is -0.210. The molecule has 0 saturated heterocycles. The third kappa shape index (κ3) is 10.8. The maximum absolute atomic E-state index is 14.2. The highest BCUT2D eigenvalue weighted by atomic mass is 16.7. The Labute approximate surface area is 272 Å². The summed E-state index contributed by atoms with van der Waals surface area (Å²) in [7, 11) is 1.53. The van der Waals surface area contributed by atoms with Crippen molar-refractivity contribution in [3.8, 4) is 0 Å². The topological polar surface area (TPSA) is 150 Å². The van der Waals surface area contributed by atoms with E-state index < -0.39 is 40.8 Å². The summed E-state index contributed by atoms with van der Waals surface area (Å²) in [6.07, 6.45) is 3.32.